The molecule has 2 aliphatic heterocycles. The Kier molecular flexibility index (Phi) is 9.44. The van der Waals surface area contributed by atoms with Gasteiger partial charge >= 0.3 is 0 Å². The normalized spacial score (nSPS) is 27.2. The molecule has 26 heavy (non-hydrogen) atoms. The minimum Gasteiger partial charge on any atom is -0.384 e. The third-order valence-electron chi connectivity index (χ3n) is 6.59. The van der Waals surface area contributed by atoms with E-state index in [2.05, 4.69) is 20.1 Å². The molecule has 0 spiro atoms. The van der Waals surface area contributed by atoms with Gasteiger partial charge in [-0.3, -0.25) is 9.89 Å². The first-order valence-electron chi connectivity index (χ1n) is 10.5. The lowest BCUT2D eigenvalue weighted by atomic mass is 9.79. The van der Waals surface area contributed by atoms with E-state index in [0.717, 1.165) is 32.2 Å². The Labute approximate surface area is 177 Å². The first kappa shape index (κ1) is 22.2. The van der Waals surface area contributed by atoms with Crippen LogP contribution in [0.4, 0.5) is 0 Å². The van der Waals surface area contributed by atoms with Crippen molar-refractivity contribution in [1.82, 2.24) is 15.1 Å². The third-order valence-corrected chi connectivity index (χ3v) is 6.59. The molecule has 0 bridgehead atoms. The molecule has 2 heterocycles. The quantitative estimate of drug-likeness (QED) is 0.374. The second-order valence-electron chi connectivity index (χ2n) is 8.29. The van der Waals surface area contributed by atoms with Crippen LogP contribution < -0.4 is 5.32 Å². The van der Waals surface area contributed by atoms with Crippen LogP contribution in [0.5, 0.6) is 0 Å². The number of hydrogen-bond donors (Lipinski definition) is 1. The number of hydrogen-bond acceptors (Lipinski definition) is 3. The smallest absolute Gasteiger partial charge is 0.193 e. The highest BCUT2D eigenvalue weighted by molar-refractivity contribution is 14.0. The topological polar surface area (TPSA) is 40.1 Å². The first-order chi connectivity index (χ1) is 12.3. The number of nitrogens with one attached hydrogen (secondary N) is 1. The Morgan fingerprint density at radius 1 is 1.08 bits per heavy atom. The van der Waals surface area contributed by atoms with E-state index in [0.29, 0.717) is 11.5 Å². The van der Waals surface area contributed by atoms with E-state index in [1.54, 1.807) is 7.11 Å². The van der Waals surface area contributed by atoms with Gasteiger partial charge in [0.25, 0.3) is 0 Å². The highest BCUT2D eigenvalue weighted by Gasteiger charge is 2.38. The van der Waals surface area contributed by atoms with E-state index < -0.39 is 0 Å². The molecular formula is C20H39IN4O. The molecule has 152 valence electrons. The number of piperidine rings is 1. The Hall–Kier alpha value is -0.0800. The molecule has 0 aromatic heterocycles. The summed E-state index contributed by atoms with van der Waals surface area (Å²) in [7, 11) is 3.74. The van der Waals surface area contributed by atoms with Gasteiger partial charge in [0.05, 0.1) is 6.61 Å². The largest absolute Gasteiger partial charge is 0.384 e. The molecular weight excluding hydrogens is 439 g/mol. The molecule has 5 nitrogen and oxygen atoms in total. The van der Waals surface area contributed by atoms with Crippen molar-refractivity contribution in [1.29, 1.82) is 0 Å². The third kappa shape index (κ3) is 5.47. The van der Waals surface area contributed by atoms with Crippen LogP contribution in [0.25, 0.3) is 0 Å². The Balaban J connectivity index is 0.00000243. The van der Waals surface area contributed by atoms with Gasteiger partial charge in [0.15, 0.2) is 5.96 Å². The van der Waals surface area contributed by atoms with Gasteiger partial charge < -0.3 is 15.0 Å². The van der Waals surface area contributed by atoms with Crippen molar-refractivity contribution >= 4 is 29.9 Å². The fraction of sp³-hybridized carbons (Fsp3) is 0.950. The molecule has 1 saturated carbocycles. The molecule has 6 heteroatoms. The van der Waals surface area contributed by atoms with Gasteiger partial charge in [0, 0.05) is 45.2 Å². The minimum absolute atomic E-state index is 0. The molecule has 0 aromatic carbocycles. The zero-order chi connectivity index (χ0) is 17.5. The maximum absolute atomic E-state index is 5.34. The summed E-state index contributed by atoms with van der Waals surface area (Å²) in [5.41, 5.74) is 0.361. The maximum Gasteiger partial charge on any atom is 0.193 e. The summed E-state index contributed by atoms with van der Waals surface area (Å²) < 4.78 is 5.34. The number of aliphatic imine (C=N–C) groups is 1. The fourth-order valence-electron chi connectivity index (χ4n) is 5.16. The zero-order valence-corrected chi connectivity index (χ0v) is 19.2. The average Bonchev–Trinajstić information content (AvgIpc) is 3.12. The number of rotatable bonds is 5. The molecule has 1 atom stereocenters. The SMILES string of the molecule is CN=C(NCC1(N2CCCCC2)CCCCC1)N1CCC(COC)C1.I. The number of likely N-dealkylation sites (tertiary alicyclic amines) is 2. The van der Waals surface area contributed by atoms with E-state index in [-0.39, 0.29) is 24.0 Å². The molecule has 1 N–H and O–H groups in total. The van der Waals surface area contributed by atoms with E-state index >= 15 is 0 Å². The van der Waals surface area contributed by atoms with Crippen molar-refractivity contribution in [2.45, 2.75) is 63.3 Å². The highest BCUT2D eigenvalue weighted by Crippen LogP contribution is 2.35. The van der Waals surface area contributed by atoms with Crippen molar-refractivity contribution < 1.29 is 4.74 Å². The number of nitrogens with zero attached hydrogens (tertiary/aromatic N) is 3. The molecule has 3 rings (SSSR count). The van der Waals surface area contributed by atoms with Gasteiger partial charge in [-0.2, -0.15) is 0 Å². The van der Waals surface area contributed by atoms with Crippen LogP contribution in [0.15, 0.2) is 4.99 Å². The lowest BCUT2D eigenvalue weighted by molar-refractivity contribution is 0.0364. The molecule has 0 radical (unpaired) electrons. The highest BCUT2D eigenvalue weighted by atomic mass is 127. The number of halogens is 1. The van der Waals surface area contributed by atoms with Crippen LogP contribution in [0.3, 0.4) is 0 Å². The summed E-state index contributed by atoms with van der Waals surface area (Å²) in [5, 5.41) is 3.78. The Bertz CT molecular complexity index is 434. The number of methoxy groups -OCH3 is 1. The van der Waals surface area contributed by atoms with Crippen LogP contribution >= 0.6 is 24.0 Å². The second-order valence-corrected chi connectivity index (χ2v) is 8.29. The summed E-state index contributed by atoms with van der Waals surface area (Å²) in [6, 6.07) is 0. The summed E-state index contributed by atoms with van der Waals surface area (Å²) in [6.07, 6.45) is 12.3. The molecule has 3 fully saturated rings. The molecule has 3 aliphatic rings. The van der Waals surface area contributed by atoms with Gasteiger partial charge in [0.2, 0.25) is 0 Å². The monoisotopic (exact) mass is 478 g/mol. The average molecular weight is 478 g/mol. The van der Waals surface area contributed by atoms with Gasteiger partial charge in [-0.05, 0) is 45.2 Å². The maximum atomic E-state index is 5.34. The van der Waals surface area contributed by atoms with Crippen LogP contribution in [-0.2, 0) is 4.74 Å². The van der Waals surface area contributed by atoms with Gasteiger partial charge in [-0.15, -0.1) is 24.0 Å². The zero-order valence-electron chi connectivity index (χ0n) is 16.8. The molecule has 0 aromatic rings. The van der Waals surface area contributed by atoms with Crippen LogP contribution in [0.2, 0.25) is 0 Å². The first-order valence-corrected chi connectivity index (χ1v) is 10.5. The van der Waals surface area contributed by atoms with Gasteiger partial charge in [0.1, 0.15) is 0 Å². The fourth-order valence-corrected chi connectivity index (χ4v) is 5.16. The number of ether oxygens (including phenoxy) is 1. The predicted octanol–water partition coefficient (Wildman–Crippen LogP) is 3.34. The van der Waals surface area contributed by atoms with Crippen LogP contribution in [0.1, 0.15) is 57.8 Å². The number of guanidine groups is 1. The lowest BCUT2D eigenvalue weighted by Crippen LogP contribution is -2.59. The van der Waals surface area contributed by atoms with Crippen molar-refractivity contribution in [3.8, 4) is 0 Å². The Morgan fingerprint density at radius 3 is 2.42 bits per heavy atom. The van der Waals surface area contributed by atoms with Crippen molar-refractivity contribution in [2.24, 2.45) is 10.9 Å². The standard InChI is InChI=1S/C20H38N4O.HI/c1-21-19(23-14-9-18(15-23)16-25-2)22-17-20(10-5-3-6-11-20)24-12-7-4-8-13-24;/h18H,3-17H2,1-2H3,(H,21,22);1H. The van der Waals surface area contributed by atoms with E-state index in [4.69, 9.17) is 4.74 Å². The molecule has 0 amide bonds. The Morgan fingerprint density at radius 2 is 1.77 bits per heavy atom. The summed E-state index contributed by atoms with van der Waals surface area (Å²) >= 11 is 0. The summed E-state index contributed by atoms with van der Waals surface area (Å²) in [4.78, 5) is 9.84. The summed E-state index contributed by atoms with van der Waals surface area (Å²) in [6.45, 7) is 6.69. The molecule has 2 saturated heterocycles. The predicted molar refractivity (Wildman–Crippen MR) is 120 cm³/mol. The van der Waals surface area contributed by atoms with Crippen LogP contribution in [0, 0.1) is 5.92 Å². The van der Waals surface area contributed by atoms with Crippen molar-refractivity contribution in [2.75, 3.05) is 53.5 Å². The van der Waals surface area contributed by atoms with E-state index in [1.807, 2.05) is 7.05 Å². The van der Waals surface area contributed by atoms with E-state index in [9.17, 15) is 0 Å². The summed E-state index contributed by atoms with van der Waals surface area (Å²) in [5.74, 6) is 1.75. The van der Waals surface area contributed by atoms with E-state index in [1.165, 1.54) is 70.9 Å². The van der Waals surface area contributed by atoms with Crippen molar-refractivity contribution in [3.05, 3.63) is 0 Å². The molecule has 1 unspecified atom stereocenters. The van der Waals surface area contributed by atoms with Crippen molar-refractivity contribution in [3.63, 3.8) is 0 Å². The second kappa shape index (κ2) is 11.1. The van der Waals surface area contributed by atoms with Crippen LogP contribution in [-0.4, -0.2) is 74.8 Å². The van der Waals surface area contributed by atoms with Gasteiger partial charge in [-0.25, -0.2) is 0 Å². The lowest BCUT2D eigenvalue weighted by Gasteiger charge is -2.48. The molecule has 1 aliphatic carbocycles. The minimum atomic E-state index is 0. The van der Waals surface area contributed by atoms with Gasteiger partial charge in [-0.1, -0.05) is 25.7 Å².